The van der Waals surface area contributed by atoms with Gasteiger partial charge in [-0.1, -0.05) is 26.0 Å². The zero-order valence-corrected chi connectivity index (χ0v) is 13.3. The molecule has 1 heterocycles. The molecule has 112 valence electrons. The first kappa shape index (κ1) is 16.9. The van der Waals surface area contributed by atoms with Crippen molar-refractivity contribution < 1.29 is 8.42 Å². The van der Waals surface area contributed by atoms with Crippen LogP contribution in [0.3, 0.4) is 0 Å². The van der Waals surface area contributed by atoms with E-state index in [1.807, 2.05) is 6.07 Å². The number of aliphatic imine (C=N–C) groups is 1. The molecule has 2 rings (SSSR count). The van der Waals surface area contributed by atoms with Crippen LogP contribution in [0.4, 0.5) is 0 Å². The van der Waals surface area contributed by atoms with Gasteiger partial charge in [0.2, 0.25) is 0 Å². The number of nitrogens with one attached hydrogen (secondary N) is 1. The summed E-state index contributed by atoms with van der Waals surface area (Å²) in [6, 6.07) is 6.92. The molecule has 0 saturated carbocycles. The van der Waals surface area contributed by atoms with E-state index in [1.165, 1.54) is 0 Å². The SMILES string of the molecule is CCN(CC)CCN=C1NS(=O)(=O)c2ccccc21.Cl. The Bertz CT molecular complexity index is 583. The number of hydrogen-bond donors (Lipinski definition) is 1. The van der Waals surface area contributed by atoms with Gasteiger partial charge in [-0.25, -0.2) is 8.42 Å². The van der Waals surface area contributed by atoms with E-state index in [0.717, 1.165) is 19.6 Å². The van der Waals surface area contributed by atoms with Crippen molar-refractivity contribution in [2.45, 2.75) is 18.7 Å². The van der Waals surface area contributed by atoms with Crippen molar-refractivity contribution in [2.75, 3.05) is 26.2 Å². The van der Waals surface area contributed by atoms with Crippen LogP contribution in [0, 0.1) is 0 Å². The van der Waals surface area contributed by atoms with Crippen molar-refractivity contribution in [3.05, 3.63) is 29.8 Å². The third-order valence-electron chi connectivity index (χ3n) is 3.24. The molecule has 0 atom stereocenters. The zero-order valence-electron chi connectivity index (χ0n) is 11.7. The molecular weight excluding hydrogens is 298 g/mol. The molecule has 0 fully saturated rings. The van der Waals surface area contributed by atoms with Crippen LogP contribution in [0.5, 0.6) is 0 Å². The summed E-state index contributed by atoms with van der Waals surface area (Å²) >= 11 is 0. The molecule has 20 heavy (non-hydrogen) atoms. The normalized spacial score (nSPS) is 17.6. The number of hydrogen-bond acceptors (Lipinski definition) is 4. The summed E-state index contributed by atoms with van der Waals surface area (Å²) in [5, 5.41) is 0. The summed E-state index contributed by atoms with van der Waals surface area (Å²) in [4.78, 5) is 6.95. The smallest absolute Gasteiger partial charge is 0.263 e. The van der Waals surface area contributed by atoms with Gasteiger partial charge >= 0.3 is 0 Å². The molecule has 0 aliphatic carbocycles. The first-order chi connectivity index (χ1) is 9.08. The fourth-order valence-electron chi connectivity index (χ4n) is 2.09. The second kappa shape index (κ2) is 7.06. The molecule has 0 radical (unpaired) electrons. The Morgan fingerprint density at radius 3 is 2.50 bits per heavy atom. The quantitative estimate of drug-likeness (QED) is 0.895. The Morgan fingerprint density at radius 2 is 1.85 bits per heavy atom. The Labute approximate surface area is 126 Å². The summed E-state index contributed by atoms with van der Waals surface area (Å²) in [5.74, 6) is 0.461. The number of halogens is 1. The van der Waals surface area contributed by atoms with Crippen molar-refractivity contribution in [3.63, 3.8) is 0 Å². The highest BCUT2D eigenvalue weighted by Gasteiger charge is 2.29. The molecule has 1 aliphatic heterocycles. The molecule has 0 amide bonds. The van der Waals surface area contributed by atoms with Crippen molar-refractivity contribution in [1.29, 1.82) is 0 Å². The van der Waals surface area contributed by atoms with E-state index in [1.54, 1.807) is 18.2 Å². The number of fused-ring (bicyclic) bond motifs is 1. The minimum absolute atomic E-state index is 0. The fraction of sp³-hybridized carbons (Fsp3) is 0.462. The van der Waals surface area contributed by atoms with Gasteiger partial charge in [0.25, 0.3) is 10.0 Å². The number of nitrogens with zero attached hydrogens (tertiary/aromatic N) is 2. The largest absolute Gasteiger partial charge is 0.302 e. The van der Waals surface area contributed by atoms with Crippen LogP contribution in [0.1, 0.15) is 19.4 Å². The Morgan fingerprint density at radius 1 is 1.20 bits per heavy atom. The molecule has 5 nitrogen and oxygen atoms in total. The van der Waals surface area contributed by atoms with Crippen LogP contribution >= 0.6 is 12.4 Å². The average Bonchev–Trinajstić information content (AvgIpc) is 2.67. The molecule has 0 saturated heterocycles. The lowest BCUT2D eigenvalue weighted by Gasteiger charge is -2.16. The topological polar surface area (TPSA) is 61.8 Å². The Kier molecular flexibility index (Phi) is 5.98. The Hall–Kier alpha value is -1.11. The Balaban J connectivity index is 0.00000200. The van der Waals surface area contributed by atoms with Gasteiger partial charge in [-0.05, 0) is 25.2 Å². The van der Waals surface area contributed by atoms with Crippen LogP contribution in [-0.4, -0.2) is 45.3 Å². The van der Waals surface area contributed by atoms with Crippen molar-refractivity contribution in [1.82, 2.24) is 9.62 Å². The molecule has 0 aromatic heterocycles. The van der Waals surface area contributed by atoms with Gasteiger partial charge in [0.05, 0.1) is 11.4 Å². The predicted molar refractivity (Wildman–Crippen MR) is 83.2 cm³/mol. The lowest BCUT2D eigenvalue weighted by atomic mass is 10.2. The number of amidine groups is 1. The minimum Gasteiger partial charge on any atom is -0.302 e. The van der Waals surface area contributed by atoms with E-state index in [0.29, 0.717) is 22.8 Å². The number of benzene rings is 1. The van der Waals surface area contributed by atoms with E-state index in [-0.39, 0.29) is 12.4 Å². The second-order valence-electron chi connectivity index (χ2n) is 4.36. The highest BCUT2D eigenvalue weighted by molar-refractivity contribution is 7.90. The molecule has 1 N–H and O–H groups in total. The van der Waals surface area contributed by atoms with E-state index < -0.39 is 10.0 Å². The standard InChI is InChI=1S/C13H19N3O2S.ClH/c1-3-16(4-2)10-9-14-13-11-7-5-6-8-12(11)19(17,18)15-13;/h5-8H,3-4,9-10H2,1-2H3,(H,14,15);1H. The van der Waals surface area contributed by atoms with Gasteiger partial charge in [0.15, 0.2) is 0 Å². The molecule has 0 bridgehead atoms. The number of rotatable bonds is 5. The van der Waals surface area contributed by atoms with E-state index in [4.69, 9.17) is 0 Å². The maximum Gasteiger partial charge on any atom is 0.263 e. The minimum atomic E-state index is -3.41. The summed E-state index contributed by atoms with van der Waals surface area (Å²) in [7, 11) is -3.41. The first-order valence-electron chi connectivity index (χ1n) is 6.47. The fourth-order valence-corrected chi connectivity index (χ4v) is 3.35. The summed E-state index contributed by atoms with van der Waals surface area (Å²) in [6.07, 6.45) is 0. The van der Waals surface area contributed by atoms with Gasteiger partial charge in [0.1, 0.15) is 5.84 Å². The van der Waals surface area contributed by atoms with Crippen LogP contribution in [-0.2, 0) is 10.0 Å². The summed E-state index contributed by atoms with van der Waals surface area (Å²) in [5.41, 5.74) is 0.669. The van der Waals surface area contributed by atoms with E-state index >= 15 is 0 Å². The van der Waals surface area contributed by atoms with E-state index in [2.05, 4.69) is 28.5 Å². The van der Waals surface area contributed by atoms with Gasteiger partial charge in [0, 0.05) is 12.1 Å². The maximum atomic E-state index is 11.9. The molecule has 1 aliphatic rings. The molecule has 0 unspecified atom stereocenters. The van der Waals surface area contributed by atoms with Gasteiger partial charge < -0.3 is 4.90 Å². The number of sulfonamides is 1. The van der Waals surface area contributed by atoms with Gasteiger partial charge in [-0.2, -0.15) is 0 Å². The lowest BCUT2D eigenvalue weighted by Crippen LogP contribution is -2.27. The molecule has 0 spiro atoms. The monoisotopic (exact) mass is 317 g/mol. The molecule has 7 heteroatoms. The second-order valence-corrected chi connectivity index (χ2v) is 6.01. The average molecular weight is 318 g/mol. The molecule has 1 aromatic carbocycles. The summed E-state index contributed by atoms with van der Waals surface area (Å²) < 4.78 is 26.2. The predicted octanol–water partition coefficient (Wildman–Crippen LogP) is 1.49. The van der Waals surface area contributed by atoms with E-state index in [9.17, 15) is 8.42 Å². The molecular formula is C13H20ClN3O2S. The molecule has 1 aromatic rings. The van der Waals surface area contributed by atoms with Gasteiger partial charge in [-0.15, -0.1) is 12.4 Å². The maximum absolute atomic E-state index is 11.9. The zero-order chi connectivity index (χ0) is 13.9. The van der Waals surface area contributed by atoms with Gasteiger partial charge in [-0.3, -0.25) is 9.71 Å². The third kappa shape index (κ3) is 3.50. The van der Waals surface area contributed by atoms with Crippen LogP contribution in [0.15, 0.2) is 34.2 Å². The summed E-state index contributed by atoms with van der Waals surface area (Å²) in [6.45, 7) is 7.58. The first-order valence-corrected chi connectivity index (χ1v) is 7.95. The van der Waals surface area contributed by atoms with Crippen molar-refractivity contribution in [2.24, 2.45) is 4.99 Å². The van der Waals surface area contributed by atoms with Crippen LogP contribution in [0.2, 0.25) is 0 Å². The van der Waals surface area contributed by atoms with Crippen molar-refractivity contribution in [3.8, 4) is 0 Å². The van der Waals surface area contributed by atoms with Crippen molar-refractivity contribution >= 4 is 28.3 Å². The highest BCUT2D eigenvalue weighted by atomic mass is 35.5. The third-order valence-corrected chi connectivity index (χ3v) is 4.64. The highest BCUT2D eigenvalue weighted by Crippen LogP contribution is 2.21. The van der Waals surface area contributed by atoms with Crippen LogP contribution < -0.4 is 4.72 Å². The number of likely N-dealkylation sites (N-methyl/N-ethyl adjacent to an activating group) is 1. The van der Waals surface area contributed by atoms with Crippen LogP contribution in [0.25, 0.3) is 0 Å². The lowest BCUT2D eigenvalue weighted by molar-refractivity contribution is 0.313.